The Bertz CT molecular complexity index is 601. The van der Waals surface area contributed by atoms with Crippen LogP contribution in [0.4, 0.5) is 17.6 Å². The Balaban J connectivity index is 2.62. The van der Waals surface area contributed by atoms with Gasteiger partial charge >= 0.3 is 6.61 Å². The van der Waals surface area contributed by atoms with Crippen LogP contribution < -0.4 is 4.74 Å². The predicted molar refractivity (Wildman–Crippen MR) is 63.4 cm³/mol. The van der Waals surface area contributed by atoms with E-state index in [2.05, 4.69) is 4.74 Å². The summed E-state index contributed by atoms with van der Waals surface area (Å²) in [4.78, 5) is 0. The van der Waals surface area contributed by atoms with Crippen molar-refractivity contribution in [3.05, 3.63) is 53.1 Å². The number of benzene rings is 2. The molecule has 0 bridgehead atoms. The highest BCUT2D eigenvalue weighted by Crippen LogP contribution is 2.38. The Morgan fingerprint density at radius 2 is 1.58 bits per heavy atom. The van der Waals surface area contributed by atoms with Crippen LogP contribution in [0, 0.1) is 11.6 Å². The quantitative estimate of drug-likeness (QED) is 0.732. The fourth-order valence-corrected chi connectivity index (χ4v) is 1.86. The van der Waals surface area contributed by atoms with Gasteiger partial charge in [0.25, 0.3) is 0 Å². The molecular weight excluding hydrogens is 284 g/mol. The van der Waals surface area contributed by atoms with Crippen LogP contribution in [-0.4, -0.2) is 6.61 Å². The lowest BCUT2D eigenvalue weighted by atomic mass is 10.0. The third kappa shape index (κ3) is 2.81. The van der Waals surface area contributed by atoms with Gasteiger partial charge in [-0.25, -0.2) is 8.78 Å². The Labute approximate surface area is 111 Å². The van der Waals surface area contributed by atoms with E-state index in [9.17, 15) is 17.6 Å². The molecule has 0 saturated carbocycles. The molecule has 1 nitrogen and oxygen atoms in total. The molecule has 0 fully saturated rings. The lowest BCUT2D eigenvalue weighted by molar-refractivity contribution is -0.0494. The van der Waals surface area contributed by atoms with Crippen LogP contribution in [0.2, 0.25) is 5.02 Å². The molecular formula is C13H7ClF4O. The summed E-state index contributed by atoms with van der Waals surface area (Å²) in [5.41, 5.74) is -0.233. The second kappa shape index (κ2) is 5.48. The monoisotopic (exact) mass is 290 g/mol. The molecule has 2 rings (SSSR count). The van der Waals surface area contributed by atoms with Gasteiger partial charge in [-0.05, 0) is 12.1 Å². The zero-order valence-corrected chi connectivity index (χ0v) is 10.1. The molecule has 19 heavy (non-hydrogen) atoms. The molecule has 0 heterocycles. The van der Waals surface area contributed by atoms with Crippen LogP contribution >= 0.6 is 11.6 Å². The van der Waals surface area contributed by atoms with Gasteiger partial charge in [0.2, 0.25) is 0 Å². The summed E-state index contributed by atoms with van der Waals surface area (Å²) in [6.45, 7) is -3.12. The van der Waals surface area contributed by atoms with Crippen LogP contribution in [0.25, 0.3) is 11.1 Å². The lowest BCUT2D eigenvalue weighted by Crippen LogP contribution is -2.04. The molecule has 0 aliphatic rings. The van der Waals surface area contributed by atoms with Crippen molar-refractivity contribution in [2.75, 3.05) is 0 Å². The highest BCUT2D eigenvalue weighted by atomic mass is 35.5. The fraction of sp³-hybridized carbons (Fsp3) is 0.0769. The summed E-state index contributed by atoms with van der Waals surface area (Å²) >= 11 is 5.74. The second-order valence-electron chi connectivity index (χ2n) is 3.60. The molecule has 2 aromatic carbocycles. The van der Waals surface area contributed by atoms with Crippen LogP contribution in [0.5, 0.6) is 5.75 Å². The maximum atomic E-state index is 13.7. The molecule has 0 saturated heterocycles. The van der Waals surface area contributed by atoms with Crippen molar-refractivity contribution in [1.82, 2.24) is 0 Å². The minimum Gasteiger partial charge on any atom is -0.433 e. The average molecular weight is 291 g/mol. The average Bonchev–Trinajstić information content (AvgIpc) is 2.35. The van der Waals surface area contributed by atoms with E-state index in [0.29, 0.717) is 0 Å². The largest absolute Gasteiger partial charge is 0.433 e. The van der Waals surface area contributed by atoms with Gasteiger partial charge in [0, 0.05) is 11.1 Å². The van der Waals surface area contributed by atoms with Crippen LogP contribution in [-0.2, 0) is 0 Å². The summed E-state index contributed by atoms with van der Waals surface area (Å²) in [6.07, 6.45) is 0. The Morgan fingerprint density at radius 3 is 2.26 bits per heavy atom. The molecule has 0 spiro atoms. The van der Waals surface area contributed by atoms with E-state index >= 15 is 0 Å². The minimum atomic E-state index is -3.12. The molecule has 0 atom stereocenters. The van der Waals surface area contributed by atoms with Gasteiger partial charge in [-0.3, -0.25) is 0 Å². The molecule has 0 aromatic heterocycles. The molecule has 0 unspecified atom stereocenters. The van der Waals surface area contributed by atoms with Crippen molar-refractivity contribution in [3.63, 3.8) is 0 Å². The molecule has 0 amide bonds. The molecule has 2 aromatic rings. The maximum absolute atomic E-state index is 13.7. The van der Waals surface area contributed by atoms with E-state index in [0.717, 1.165) is 6.07 Å². The summed E-state index contributed by atoms with van der Waals surface area (Å²) in [6, 6.07) is 7.52. The molecule has 0 N–H and O–H groups in total. The summed E-state index contributed by atoms with van der Waals surface area (Å²) in [5, 5.41) is -0.110. The normalized spacial score (nSPS) is 10.8. The first kappa shape index (κ1) is 13.7. The minimum absolute atomic E-state index is 0.0372. The van der Waals surface area contributed by atoms with Crippen molar-refractivity contribution in [2.45, 2.75) is 6.61 Å². The summed E-state index contributed by atoms with van der Waals surface area (Å²) < 4.78 is 55.8. The first-order valence-electron chi connectivity index (χ1n) is 5.18. The molecule has 0 aliphatic carbocycles. The Hall–Kier alpha value is -1.75. The third-order valence-electron chi connectivity index (χ3n) is 2.42. The van der Waals surface area contributed by atoms with E-state index in [4.69, 9.17) is 11.6 Å². The number of alkyl halides is 2. The highest BCUT2D eigenvalue weighted by Gasteiger charge is 2.18. The number of hydrogen-bond donors (Lipinski definition) is 0. The number of para-hydroxylation sites is 1. The summed E-state index contributed by atoms with van der Waals surface area (Å²) in [7, 11) is 0. The van der Waals surface area contributed by atoms with Gasteiger partial charge in [0.1, 0.15) is 0 Å². The predicted octanol–water partition coefficient (Wildman–Crippen LogP) is 4.89. The van der Waals surface area contributed by atoms with E-state index in [-0.39, 0.29) is 21.9 Å². The topological polar surface area (TPSA) is 9.23 Å². The lowest BCUT2D eigenvalue weighted by Gasteiger charge is -2.13. The standard InChI is InChI=1S/C13H7ClF4O/c14-9-5-1-4-8(12(9)19-13(17)18)7-3-2-6-10(15)11(7)16/h1-6,13H. The van der Waals surface area contributed by atoms with E-state index in [1.165, 1.54) is 30.3 Å². The van der Waals surface area contributed by atoms with Crippen LogP contribution in [0.3, 0.4) is 0 Å². The van der Waals surface area contributed by atoms with Gasteiger partial charge in [-0.15, -0.1) is 0 Å². The van der Waals surface area contributed by atoms with Crippen molar-refractivity contribution >= 4 is 11.6 Å². The zero-order valence-electron chi connectivity index (χ0n) is 9.34. The summed E-state index contributed by atoms with van der Waals surface area (Å²) in [5.74, 6) is -2.62. The first-order chi connectivity index (χ1) is 9.00. The van der Waals surface area contributed by atoms with Gasteiger partial charge in [0.05, 0.1) is 5.02 Å². The van der Waals surface area contributed by atoms with Crippen molar-refractivity contribution in [1.29, 1.82) is 0 Å². The smallest absolute Gasteiger partial charge is 0.387 e. The van der Waals surface area contributed by atoms with Gasteiger partial charge in [0.15, 0.2) is 17.4 Å². The highest BCUT2D eigenvalue weighted by molar-refractivity contribution is 6.32. The second-order valence-corrected chi connectivity index (χ2v) is 4.00. The van der Waals surface area contributed by atoms with Gasteiger partial charge in [-0.1, -0.05) is 35.9 Å². The SMILES string of the molecule is Fc1cccc(-c2cccc(Cl)c2OC(F)F)c1F. The zero-order chi connectivity index (χ0) is 14.0. The molecule has 0 aliphatic heterocycles. The van der Waals surface area contributed by atoms with Crippen molar-refractivity contribution < 1.29 is 22.3 Å². The van der Waals surface area contributed by atoms with Gasteiger partial charge in [-0.2, -0.15) is 8.78 Å². The Kier molecular flexibility index (Phi) is 3.95. The van der Waals surface area contributed by atoms with Crippen LogP contribution in [0.15, 0.2) is 36.4 Å². The number of halogens is 5. The molecule has 0 radical (unpaired) electrons. The number of ether oxygens (including phenoxy) is 1. The molecule has 100 valence electrons. The van der Waals surface area contributed by atoms with E-state index in [1.54, 1.807) is 0 Å². The number of hydrogen-bond acceptors (Lipinski definition) is 1. The fourth-order valence-electron chi connectivity index (χ4n) is 1.64. The first-order valence-corrected chi connectivity index (χ1v) is 5.56. The van der Waals surface area contributed by atoms with E-state index in [1.807, 2.05) is 0 Å². The van der Waals surface area contributed by atoms with Crippen molar-refractivity contribution in [3.8, 4) is 16.9 Å². The van der Waals surface area contributed by atoms with Crippen molar-refractivity contribution in [2.24, 2.45) is 0 Å². The maximum Gasteiger partial charge on any atom is 0.387 e. The van der Waals surface area contributed by atoms with Crippen LogP contribution in [0.1, 0.15) is 0 Å². The molecule has 6 heteroatoms. The third-order valence-corrected chi connectivity index (χ3v) is 2.71. The van der Waals surface area contributed by atoms with E-state index < -0.39 is 18.2 Å². The Morgan fingerprint density at radius 1 is 0.947 bits per heavy atom. The van der Waals surface area contributed by atoms with Gasteiger partial charge < -0.3 is 4.74 Å². The number of rotatable bonds is 3.